The van der Waals surface area contributed by atoms with Crippen molar-refractivity contribution in [2.24, 2.45) is 0 Å². The molecule has 3 rings (SSSR count). The maximum Gasteiger partial charge on any atom is 0.417 e. The highest BCUT2D eigenvalue weighted by molar-refractivity contribution is 7.15. The van der Waals surface area contributed by atoms with Crippen LogP contribution in [0.5, 0.6) is 17.2 Å². The Kier molecular flexibility index (Phi) is 7.26. The molecule has 0 unspecified atom stereocenters. The summed E-state index contributed by atoms with van der Waals surface area (Å²) in [6, 6.07) is 7.28. The summed E-state index contributed by atoms with van der Waals surface area (Å²) in [5.41, 5.74) is -1.14. The predicted molar refractivity (Wildman–Crippen MR) is 113 cm³/mol. The van der Waals surface area contributed by atoms with Crippen LogP contribution in [0.4, 0.5) is 28.8 Å². The summed E-state index contributed by atoms with van der Waals surface area (Å²) in [7, 11) is 3.02. The number of aromatic nitrogens is 2. The molecule has 32 heavy (non-hydrogen) atoms. The number of nitrogens with zero attached hydrogens (tertiary/aromatic N) is 2. The van der Waals surface area contributed by atoms with E-state index in [2.05, 4.69) is 20.8 Å². The molecule has 0 radical (unpaired) electrons. The molecule has 0 atom stereocenters. The molecule has 2 aromatic carbocycles. The van der Waals surface area contributed by atoms with Crippen molar-refractivity contribution < 1.29 is 32.2 Å². The van der Waals surface area contributed by atoms with Crippen molar-refractivity contribution in [1.29, 1.82) is 0 Å². The molecule has 3 aromatic rings. The molecule has 0 fully saturated rings. The minimum atomic E-state index is -4.65. The molecule has 0 spiro atoms. The minimum absolute atomic E-state index is 0.0720. The van der Waals surface area contributed by atoms with Crippen molar-refractivity contribution in [3.05, 3.63) is 52.0 Å². The second-order valence-corrected chi connectivity index (χ2v) is 7.55. The maximum absolute atomic E-state index is 12.9. The Balaban J connectivity index is 1.58. The monoisotopic (exact) mass is 488 g/mol. The van der Waals surface area contributed by atoms with Crippen LogP contribution < -0.4 is 24.8 Å². The van der Waals surface area contributed by atoms with Gasteiger partial charge in [-0.05, 0) is 30.3 Å². The first-order valence-corrected chi connectivity index (χ1v) is 10.0. The Morgan fingerprint density at radius 3 is 2.50 bits per heavy atom. The Hall–Kier alpha value is -3.25. The van der Waals surface area contributed by atoms with Crippen molar-refractivity contribution in [2.45, 2.75) is 12.8 Å². The third kappa shape index (κ3) is 5.92. The lowest BCUT2D eigenvalue weighted by molar-refractivity contribution is -0.137. The van der Waals surface area contributed by atoms with E-state index in [4.69, 9.17) is 25.8 Å². The SMILES string of the molecule is COc1ccc(OCc2nnc(NC(=O)Nc3ccc(Cl)c(C(F)(F)F)c3)s2)cc1OC. The van der Waals surface area contributed by atoms with E-state index in [1.54, 1.807) is 18.2 Å². The maximum atomic E-state index is 12.9. The summed E-state index contributed by atoms with van der Waals surface area (Å²) < 4.78 is 54.8. The van der Waals surface area contributed by atoms with Gasteiger partial charge in [0.25, 0.3) is 0 Å². The zero-order chi connectivity index (χ0) is 23.3. The van der Waals surface area contributed by atoms with E-state index >= 15 is 0 Å². The summed E-state index contributed by atoms with van der Waals surface area (Å²) in [6.45, 7) is 0.0720. The first-order chi connectivity index (χ1) is 15.2. The van der Waals surface area contributed by atoms with Gasteiger partial charge in [-0.3, -0.25) is 5.32 Å². The highest BCUT2D eigenvalue weighted by atomic mass is 35.5. The molecule has 0 aliphatic carbocycles. The first kappa shape index (κ1) is 23.4. The van der Waals surface area contributed by atoms with E-state index in [0.717, 1.165) is 23.5 Å². The number of methoxy groups -OCH3 is 2. The fourth-order valence-corrected chi connectivity index (χ4v) is 3.37. The van der Waals surface area contributed by atoms with Crippen molar-refractivity contribution in [1.82, 2.24) is 10.2 Å². The number of benzene rings is 2. The van der Waals surface area contributed by atoms with Gasteiger partial charge in [0, 0.05) is 11.8 Å². The van der Waals surface area contributed by atoms with Gasteiger partial charge >= 0.3 is 12.2 Å². The Morgan fingerprint density at radius 2 is 1.81 bits per heavy atom. The zero-order valence-electron chi connectivity index (χ0n) is 16.6. The standard InChI is InChI=1S/C19H16ClF3N4O4S/c1-29-14-6-4-11(8-15(14)30-2)31-9-16-26-27-18(32-16)25-17(28)24-10-3-5-13(20)12(7-10)19(21,22)23/h3-8H,9H2,1-2H3,(H2,24,25,27,28). The summed E-state index contributed by atoms with van der Waals surface area (Å²) in [4.78, 5) is 12.1. The second kappa shape index (κ2) is 9.92. The van der Waals surface area contributed by atoms with Gasteiger partial charge < -0.3 is 19.5 Å². The van der Waals surface area contributed by atoms with Crippen molar-refractivity contribution >= 4 is 39.8 Å². The number of hydrogen-bond donors (Lipinski definition) is 2. The van der Waals surface area contributed by atoms with Crippen molar-refractivity contribution in [2.75, 3.05) is 24.9 Å². The van der Waals surface area contributed by atoms with Crippen molar-refractivity contribution in [3.8, 4) is 17.2 Å². The summed E-state index contributed by atoms with van der Waals surface area (Å²) in [6.07, 6.45) is -4.65. The van der Waals surface area contributed by atoms with Gasteiger partial charge in [0.05, 0.1) is 24.8 Å². The molecule has 2 N–H and O–H groups in total. The van der Waals surface area contributed by atoms with Crippen LogP contribution in [0.25, 0.3) is 0 Å². The summed E-state index contributed by atoms with van der Waals surface area (Å²) >= 11 is 6.61. The van der Waals surface area contributed by atoms with E-state index in [9.17, 15) is 18.0 Å². The van der Waals surface area contributed by atoms with Gasteiger partial charge in [0.15, 0.2) is 16.5 Å². The quantitative estimate of drug-likeness (QED) is 0.459. The van der Waals surface area contributed by atoms with Crippen LogP contribution in [0, 0.1) is 0 Å². The molecule has 2 amide bonds. The van der Waals surface area contributed by atoms with E-state index in [1.807, 2.05) is 0 Å². The number of halogens is 4. The van der Waals surface area contributed by atoms with E-state index < -0.39 is 22.8 Å². The number of alkyl halides is 3. The Bertz CT molecular complexity index is 1110. The predicted octanol–water partition coefficient (Wildman–Crippen LogP) is 5.45. The average Bonchev–Trinajstić information content (AvgIpc) is 3.19. The number of carbonyl (C=O) groups excluding carboxylic acids is 1. The molecule has 170 valence electrons. The Labute approximate surface area is 189 Å². The van der Waals surface area contributed by atoms with Crippen LogP contribution in [-0.4, -0.2) is 30.4 Å². The van der Waals surface area contributed by atoms with Gasteiger partial charge in [-0.1, -0.05) is 22.9 Å². The van der Waals surface area contributed by atoms with Gasteiger partial charge in [-0.2, -0.15) is 13.2 Å². The number of rotatable bonds is 7. The van der Waals surface area contributed by atoms with Crippen LogP contribution in [-0.2, 0) is 12.8 Å². The Morgan fingerprint density at radius 1 is 1.06 bits per heavy atom. The van der Waals surface area contributed by atoms with Crippen LogP contribution in [0.3, 0.4) is 0 Å². The lowest BCUT2D eigenvalue weighted by Crippen LogP contribution is -2.19. The number of nitrogens with one attached hydrogen (secondary N) is 2. The number of amides is 2. The van der Waals surface area contributed by atoms with Crippen LogP contribution in [0.2, 0.25) is 5.02 Å². The molecule has 0 saturated carbocycles. The van der Waals surface area contributed by atoms with Crippen molar-refractivity contribution in [3.63, 3.8) is 0 Å². The normalized spacial score (nSPS) is 11.1. The smallest absolute Gasteiger partial charge is 0.417 e. The molecular formula is C19H16ClF3N4O4S. The third-order valence-corrected chi connectivity index (χ3v) is 5.08. The number of urea groups is 1. The molecule has 0 bridgehead atoms. The number of anilines is 2. The second-order valence-electron chi connectivity index (χ2n) is 6.08. The summed E-state index contributed by atoms with van der Waals surface area (Å²) in [5, 5.41) is 12.5. The highest BCUT2D eigenvalue weighted by Gasteiger charge is 2.33. The van der Waals surface area contributed by atoms with Gasteiger partial charge in [-0.15, -0.1) is 10.2 Å². The topological polar surface area (TPSA) is 94.6 Å². The summed E-state index contributed by atoms with van der Waals surface area (Å²) in [5.74, 6) is 1.56. The highest BCUT2D eigenvalue weighted by Crippen LogP contribution is 2.36. The van der Waals surface area contributed by atoms with Gasteiger partial charge in [0.1, 0.15) is 12.4 Å². The molecule has 0 aliphatic heterocycles. The zero-order valence-corrected chi connectivity index (χ0v) is 18.2. The van der Waals surface area contributed by atoms with Crippen LogP contribution in [0.1, 0.15) is 10.6 Å². The molecule has 13 heteroatoms. The minimum Gasteiger partial charge on any atom is -0.493 e. The van der Waals surface area contributed by atoms with E-state index in [0.29, 0.717) is 22.3 Å². The molecule has 1 heterocycles. The number of carbonyl (C=O) groups is 1. The molecular weight excluding hydrogens is 473 g/mol. The van der Waals surface area contributed by atoms with Gasteiger partial charge in [0.2, 0.25) is 5.13 Å². The lowest BCUT2D eigenvalue weighted by atomic mass is 10.2. The molecule has 0 saturated heterocycles. The average molecular weight is 489 g/mol. The number of hydrogen-bond acceptors (Lipinski definition) is 7. The third-order valence-electron chi connectivity index (χ3n) is 3.93. The lowest BCUT2D eigenvalue weighted by Gasteiger charge is -2.11. The van der Waals surface area contributed by atoms with E-state index in [1.165, 1.54) is 20.3 Å². The first-order valence-electron chi connectivity index (χ1n) is 8.81. The molecule has 8 nitrogen and oxygen atoms in total. The molecule has 0 aliphatic rings. The van der Waals surface area contributed by atoms with Crippen LogP contribution >= 0.6 is 22.9 Å². The fraction of sp³-hybridized carbons (Fsp3) is 0.211. The van der Waals surface area contributed by atoms with Crippen LogP contribution in [0.15, 0.2) is 36.4 Å². The van der Waals surface area contributed by atoms with Gasteiger partial charge in [-0.25, -0.2) is 4.79 Å². The molecule has 1 aromatic heterocycles. The number of ether oxygens (including phenoxy) is 3. The fourth-order valence-electron chi connectivity index (χ4n) is 2.49. The largest absolute Gasteiger partial charge is 0.493 e. The van der Waals surface area contributed by atoms with E-state index in [-0.39, 0.29) is 17.4 Å².